The minimum atomic E-state index is 0.101. The van der Waals surface area contributed by atoms with E-state index in [1.807, 2.05) is 0 Å². The van der Waals surface area contributed by atoms with E-state index < -0.39 is 0 Å². The number of aldehydes is 1. The van der Waals surface area contributed by atoms with Crippen molar-refractivity contribution in [2.24, 2.45) is 5.92 Å². The zero-order chi connectivity index (χ0) is 10.7. The first-order valence-corrected chi connectivity index (χ1v) is 5.62. The molecule has 1 aliphatic carbocycles. The van der Waals surface area contributed by atoms with Gasteiger partial charge in [-0.3, -0.25) is 4.79 Å². The molecule has 0 saturated heterocycles. The van der Waals surface area contributed by atoms with Gasteiger partial charge in [-0.05, 0) is 18.8 Å². The van der Waals surface area contributed by atoms with Crippen molar-refractivity contribution in [3.05, 3.63) is 11.7 Å². The first-order chi connectivity index (χ1) is 7.33. The summed E-state index contributed by atoms with van der Waals surface area (Å²) in [5.41, 5.74) is 0. The van der Waals surface area contributed by atoms with Crippen molar-refractivity contribution in [3.63, 3.8) is 0 Å². The molecule has 1 aliphatic rings. The normalized spacial score (nSPS) is 26.5. The van der Waals surface area contributed by atoms with Gasteiger partial charge in [0.05, 0.1) is 0 Å². The molecule has 4 heteroatoms. The van der Waals surface area contributed by atoms with Gasteiger partial charge in [-0.1, -0.05) is 31.3 Å². The van der Waals surface area contributed by atoms with Crippen molar-refractivity contribution < 1.29 is 9.32 Å². The SMILES string of the molecule is CCC1CCCC(c2noc(C=O)n2)C1. The van der Waals surface area contributed by atoms with Gasteiger partial charge in [-0.15, -0.1) is 0 Å². The molecule has 1 saturated carbocycles. The molecular formula is C11H16N2O2. The minimum Gasteiger partial charge on any atom is -0.331 e. The number of aromatic nitrogens is 2. The van der Waals surface area contributed by atoms with Crippen molar-refractivity contribution in [1.82, 2.24) is 10.1 Å². The molecule has 0 aromatic carbocycles. The molecule has 1 aromatic rings. The van der Waals surface area contributed by atoms with E-state index in [1.165, 1.54) is 19.3 Å². The fourth-order valence-electron chi connectivity index (χ4n) is 2.36. The van der Waals surface area contributed by atoms with E-state index in [0.717, 1.165) is 24.6 Å². The maximum absolute atomic E-state index is 10.4. The van der Waals surface area contributed by atoms with Crippen LogP contribution in [0.15, 0.2) is 4.52 Å². The van der Waals surface area contributed by atoms with Crippen LogP contribution >= 0.6 is 0 Å². The molecule has 2 rings (SSSR count). The fraction of sp³-hybridized carbons (Fsp3) is 0.727. The lowest BCUT2D eigenvalue weighted by Gasteiger charge is -2.25. The van der Waals surface area contributed by atoms with Crippen LogP contribution in [0.1, 0.15) is 61.5 Å². The van der Waals surface area contributed by atoms with Gasteiger partial charge in [0.15, 0.2) is 5.82 Å². The standard InChI is InChI=1S/C11H16N2O2/c1-2-8-4-3-5-9(6-8)11-12-10(7-14)15-13-11/h7-9H,2-6H2,1H3. The number of hydrogen-bond donors (Lipinski definition) is 0. The molecule has 1 fully saturated rings. The molecule has 0 N–H and O–H groups in total. The first kappa shape index (κ1) is 10.3. The predicted octanol–water partition coefficient (Wildman–Crippen LogP) is 2.57. The minimum absolute atomic E-state index is 0.101. The fourth-order valence-corrected chi connectivity index (χ4v) is 2.36. The monoisotopic (exact) mass is 208 g/mol. The first-order valence-electron chi connectivity index (χ1n) is 5.62. The zero-order valence-corrected chi connectivity index (χ0v) is 8.98. The second-order valence-corrected chi connectivity index (χ2v) is 4.25. The highest BCUT2D eigenvalue weighted by molar-refractivity contribution is 5.66. The summed E-state index contributed by atoms with van der Waals surface area (Å²) in [6, 6.07) is 0. The van der Waals surface area contributed by atoms with E-state index >= 15 is 0 Å². The Bertz CT molecular complexity index is 335. The highest BCUT2D eigenvalue weighted by Crippen LogP contribution is 2.36. The van der Waals surface area contributed by atoms with Crippen molar-refractivity contribution >= 4 is 6.29 Å². The third-order valence-corrected chi connectivity index (χ3v) is 3.28. The van der Waals surface area contributed by atoms with Gasteiger partial charge in [0, 0.05) is 5.92 Å². The summed E-state index contributed by atoms with van der Waals surface area (Å²) in [5.74, 6) is 1.99. The van der Waals surface area contributed by atoms with Crippen LogP contribution in [0.25, 0.3) is 0 Å². The molecule has 1 aromatic heterocycles. The lowest BCUT2D eigenvalue weighted by molar-refractivity contribution is 0.108. The Hall–Kier alpha value is -1.19. The maximum Gasteiger partial charge on any atom is 0.290 e. The number of hydrogen-bond acceptors (Lipinski definition) is 4. The highest BCUT2D eigenvalue weighted by atomic mass is 16.5. The molecule has 0 amide bonds. The van der Waals surface area contributed by atoms with Gasteiger partial charge in [0.1, 0.15) is 0 Å². The van der Waals surface area contributed by atoms with Crippen LogP contribution in [-0.2, 0) is 0 Å². The lowest BCUT2D eigenvalue weighted by Crippen LogP contribution is -2.14. The lowest BCUT2D eigenvalue weighted by atomic mass is 9.80. The maximum atomic E-state index is 10.4. The molecule has 0 radical (unpaired) electrons. The van der Waals surface area contributed by atoms with E-state index in [2.05, 4.69) is 17.1 Å². The van der Waals surface area contributed by atoms with Crippen molar-refractivity contribution in [3.8, 4) is 0 Å². The Kier molecular flexibility index (Phi) is 3.14. The molecule has 15 heavy (non-hydrogen) atoms. The van der Waals surface area contributed by atoms with Gasteiger partial charge in [-0.2, -0.15) is 4.98 Å². The Morgan fingerprint density at radius 1 is 1.53 bits per heavy atom. The van der Waals surface area contributed by atoms with Crippen LogP contribution in [0, 0.1) is 5.92 Å². The second kappa shape index (κ2) is 4.55. The predicted molar refractivity (Wildman–Crippen MR) is 54.7 cm³/mol. The molecule has 82 valence electrons. The van der Waals surface area contributed by atoms with E-state index in [0.29, 0.717) is 12.2 Å². The quantitative estimate of drug-likeness (QED) is 0.716. The Balaban J connectivity index is 2.06. The summed E-state index contributed by atoms with van der Waals surface area (Å²) in [4.78, 5) is 14.5. The van der Waals surface area contributed by atoms with E-state index in [-0.39, 0.29) is 5.89 Å². The Morgan fingerprint density at radius 3 is 3.07 bits per heavy atom. The summed E-state index contributed by atoms with van der Waals surface area (Å²) in [7, 11) is 0. The molecule has 0 spiro atoms. The largest absolute Gasteiger partial charge is 0.331 e. The molecular weight excluding hydrogens is 192 g/mol. The molecule has 2 unspecified atom stereocenters. The smallest absolute Gasteiger partial charge is 0.290 e. The van der Waals surface area contributed by atoms with Crippen molar-refractivity contribution in [1.29, 1.82) is 0 Å². The molecule has 0 aliphatic heterocycles. The molecule has 2 atom stereocenters. The van der Waals surface area contributed by atoms with Gasteiger partial charge < -0.3 is 4.52 Å². The van der Waals surface area contributed by atoms with E-state index in [1.54, 1.807) is 0 Å². The van der Waals surface area contributed by atoms with Crippen LogP contribution in [0.5, 0.6) is 0 Å². The second-order valence-electron chi connectivity index (χ2n) is 4.25. The average Bonchev–Trinajstić information content (AvgIpc) is 2.78. The van der Waals surface area contributed by atoms with Crippen molar-refractivity contribution in [2.45, 2.75) is 44.9 Å². The zero-order valence-electron chi connectivity index (χ0n) is 8.98. The third-order valence-electron chi connectivity index (χ3n) is 3.28. The average molecular weight is 208 g/mol. The number of rotatable bonds is 3. The van der Waals surface area contributed by atoms with Crippen LogP contribution < -0.4 is 0 Å². The van der Waals surface area contributed by atoms with E-state index in [9.17, 15) is 4.79 Å². The van der Waals surface area contributed by atoms with E-state index in [4.69, 9.17) is 4.52 Å². The van der Waals surface area contributed by atoms with Crippen LogP contribution in [0.2, 0.25) is 0 Å². The summed E-state index contributed by atoms with van der Waals surface area (Å²) < 4.78 is 4.81. The molecule has 4 nitrogen and oxygen atoms in total. The van der Waals surface area contributed by atoms with Gasteiger partial charge in [0.25, 0.3) is 5.89 Å². The summed E-state index contributed by atoms with van der Waals surface area (Å²) >= 11 is 0. The van der Waals surface area contributed by atoms with Gasteiger partial charge in [0.2, 0.25) is 6.29 Å². The van der Waals surface area contributed by atoms with Gasteiger partial charge in [-0.25, -0.2) is 0 Å². The van der Waals surface area contributed by atoms with Crippen LogP contribution in [0.3, 0.4) is 0 Å². The Labute approximate surface area is 89.1 Å². The number of carbonyl (C=O) groups excluding carboxylic acids is 1. The summed E-state index contributed by atoms with van der Waals surface area (Å²) in [5, 5.41) is 3.86. The highest BCUT2D eigenvalue weighted by Gasteiger charge is 2.25. The van der Waals surface area contributed by atoms with Crippen LogP contribution in [0.4, 0.5) is 0 Å². The number of carbonyl (C=O) groups is 1. The molecule has 1 heterocycles. The number of nitrogens with zero attached hydrogens (tertiary/aromatic N) is 2. The summed E-state index contributed by atoms with van der Waals surface area (Å²) in [6.07, 6.45) is 6.62. The van der Waals surface area contributed by atoms with Crippen molar-refractivity contribution in [2.75, 3.05) is 0 Å². The Morgan fingerprint density at radius 2 is 2.40 bits per heavy atom. The summed E-state index contributed by atoms with van der Waals surface area (Å²) in [6.45, 7) is 2.22. The third kappa shape index (κ3) is 2.25. The molecule has 0 bridgehead atoms. The topological polar surface area (TPSA) is 56.0 Å². The van der Waals surface area contributed by atoms with Crippen LogP contribution in [-0.4, -0.2) is 16.4 Å². The van der Waals surface area contributed by atoms with Gasteiger partial charge >= 0.3 is 0 Å².